The van der Waals surface area contributed by atoms with Gasteiger partial charge in [-0.15, -0.1) is 0 Å². The van der Waals surface area contributed by atoms with Gasteiger partial charge >= 0.3 is 0 Å². The second-order valence-electron chi connectivity index (χ2n) is 5.39. The van der Waals surface area contributed by atoms with Crippen molar-refractivity contribution in [3.05, 3.63) is 41.2 Å². The molecular weight excluding hydrogens is 248 g/mol. The lowest BCUT2D eigenvalue weighted by atomic mass is 10.0. The van der Waals surface area contributed by atoms with Crippen molar-refractivity contribution < 1.29 is 0 Å². The summed E-state index contributed by atoms with van der Waals surface area (Å²) in [6.07, 6.45) is 1.59. The molecule has 2 rings (SSSR count). The van der Waals surface area contributed by atoms with Gasteiger partial charge in [-0.1, -0.05) is 19.9 Å². The summed E-state index contributed by atoms with van der Waals surface area (Å²) in [5.74, 6) is 2.08. The molecule has 0 spiro atoms. The van der Waals surface area contributed by atoms with Crippen LogP contribution in [0.2, 0.25) is 0 Å². The number of anilines is 3. The van der Waals surface area contributed by atoms with Gasteiger partial charge in [-0.3, -0.25) is 0 Å². The van der Waals surface area contributed by atoms with E-state index in [1.807, 2.05) is 7.05 Å². The van der Waals surface area contributed by atoms with Crippen LogP contribution in [-0.2, 0) is 0 Å². The Morgan fingerprint density at radius 3 is 2.10 bits per heavy atom. The molecule has 0 unspecified atom stereocenters. The summed E-state index contributed by atoms with van der Waals surface area (Å²) in [4.78, 5) is 8.69. The number of hydrogen-bond acceptors (Lipinski definition) is 4. The number of hydrogen-bond donors (Lipinski definition) is 2. The minimum Gasteiger partial charge on any atom is -0.373 e. The fraction of sp³-hybridized carbons (Fsp3) is 0.375. The average Bonchev–Trinajstić information content (AvgIpc) is 2.36. The zero-order valence-corrected chi connectivity index (χ0v) is 12.8. The third kappa shape index (κ3) is 3.07. The van der Waals surface area contributed by atoms with E-state index < -0.39 is 0 Å². The zero-order valence-electron chi connectivity index (χ0n) is 12.8. The molecule has 0 amide bonds. The Labute approximate surface area is 120 Å². The fourth-order valence-electron chi connectivity index (χ4n) is 2.42. The molecule has 4 heteroatoms. The molecule has 0 bridgehead atoms. The number of aromatic nitrogens is 2. The number of nitrogens with zero attached hydrogens (tertiary/aromatic N) is 2. The molecule has 1 heterocycles. The van der Waals surface area contributed by atoms with E-state index in [2.05, 4.69) is 66.5 Å². The van der Waals surface area contributed by atoms with Crippen molar-refractivity contribution in [3.63, 3.8) is 0 Å². The van der Waals surface area contributed by atoms with E-state index in [0.717, 1.165) is 22.9 Å². The van der Waals surface area contributed by atoms with E-state index in [-0.39, 0.29) is 0 Å². The molecule has 0 saturated carbocycles. The Morgan fingerprint density at radius 2 is 1.55 bits per heavy atom. The molecule has 0 atom stereocenters. The van der Waals surface area contributed by atoms with E-state index in [4.69, 9.17) is 0 Å². The first-order chi connectivity index (χ1) is 9.51. The molecule has 0 radical (unpaired) electrons. The van der Waals surface area contributed by atoms with Crippen LogP contribution >= 0.6 is 0 Å². The smallest absolute Gasteiger partial charge is 0.139 e. The predicted molar refractivity (Wildman–Crippen MR) is 84.9 cm³/mol. The summed E-state index contributed by atoms with van der Waals surface area (Å²) in [6.45, 7) is 8.49. The summed E-state index contributed by atoms with van der Waals surface area (Å²) in [5.41, 5.74) is 4.64. The molecule has 0 fully saturated rings. The molecule has 1 aromatic carbocycles. The maximum atomic E-state index is 4.40. The van der Waals surface area contributed by atoms with Crippen molar-refractivity contribution in [1.29, 1.82) is 0 Å². The predicted octanol–water partition coefficient (Wildman–Crippen LogP) is 4.00. The summed E-state index contributed by atoms with van der Waals surface area (Å²) >= 11 is 0. The van der Waals surface area contributed by atoms with Crippen LogP contribution in [0.3, 0.4) is 0 Å². The third-order valence-corrected chi connectivity index (χ3v) is 3.18. The van der Waals surface area contributed by atoms with Crippen molar-refractivity contribution >= 4 is 17.3 Å². The van der Waals surface area contributed by atoms with Gasteiger partial charge in [-0.25, -0.2) is 9.97 Å². The van der Waals surface area contributed by atoms with E-state index in [0.29, 0.717) is 5.92 Å². The van der Waals surface area contributed by atoms with E-state index in [1.54, 1.807) is 6.33 Å². The number of nitrogens with one attached hydrogen (secondary N) is 2. The highest BCUT2D eigenvalue weighted by Gasteiger charge is 2.14. The molecule has 106 valence electrons. The summed E-state index contributed by atoms with van der Waals surface area (Å²) in [5, 5.41) is 6.55. The van der Waals surface area contributed by atoms with Crippen molar-refractivity contribution in [2.75, 3.05) is 17.7 Å². The molecule has 2 aromatic rings. The van der Waals surface area contributed by atoms with Crippen molar-refractivity contribution in [2.45, 2.75) is 33.6 Å². The minimum absolute atomic E-state index is 0.340. The van der Waals surface area contributed by atoms with Crippen molar-refractivity contribution in [1.82, 2.24) is 9.97 Å². The summed E-state index contributed by atoms with van der Waals surface area (Å²) in [6, 6.07) is 6.41. The average molecular weight is 270 g/mol. The Balaban J connectivity index is 2.42. The van der Waals surface area contributed by atoms with Crippen LogP contribution in [0, 0.1) is 13.8 Å². The van der Waals surface area contributed by atoms with Gasteiger partial charge in [-0.05, 0) is 43.0 Å². The number of rotatable bonds is 4. The van der Waals surface area contributed by atoms with Crippen LogP contribution in [0.5, 0.6) is 0 Å². The lowest BCUT2D eigenvalue weighted by molar-refractivity contribution is 0.852. The SMILES string of the molecule is CNc1ncnc(Nc2cc(C)cc(C)c2)c1C(C)C. The van der Waals surface area contributed by atoms with Crippen LogP contribution in [-0.4, -0.2) is 17.0 Å². The van der Waals surface area contributed by atoms with Gasteiger partial charge in [0.05, 0.1) is 0 Å². The molecule has 0 saturated heterocycles. The normalized spacial score (nSPS) is 10.7. The monoisotopic (exact) mass is 270 g/mol. The molecule has 1 aromatic heterocycles. The lowest BCUT2D eigenvalue weighted by Crippen LogP contribution is -2.07. The molecule has 0 aliphatic rings. The van der Waals surface area contributed by atoms with Crippen molar-refractivity contribution in [2.24, 2.45) is 0 Å². The highest BCUT2D eigenvalue weighted by atomic mass is 15.1. The summed E-state index contributed by atoms with van der Waals surface area (Å²) in [7, 11) is 1.88. The molecule has 20 heavy (non-hydrogen) atoms. The Kier molecular flexibility index (Phi) is 4.23. The Bertz CT molecular complexity index is 585. The van der Waals surface area contributed by atoms with Crippen LogP contribution in [0.15, 0.2) is 24.5 Å². The van der Waals surface area contributed by atoms with Gasteiger partial charge in [0.2, 0.25) is 0 Å². The summed E-state index contributed by atoms with van der Waals surface area (Å²) < 4.78 is 0. The Hall–Kier alpha value is -2.10. The topological polar surface area (TPSA) is 49.8 Å². The molecule has 0 aliphatic carbocycles. The maximum Gasteiger partial charge on any atom is 0.139 e. The van der Waals surface area contributed by atoms with Gasteiger partial charge in [0.1, 0.15) is 18.0 Å². The van der Waals surface area contributed by atoms with Crippen LogP contribution in [0.1, 0.15) is 36.5 Å². The molecule has 2 N–H and O–H groups in total. The third-order valence-electron chi connectivity index (χ3n) is 3.18. The quantitative estimate of drug-likeness (QED) is 0.881. The largest absolute Gasteiger partial charge is 0.373 e. The standard InChI is InChI=1S/C16H22N4/c1-10(2)14-15(17-5)18-9-19-16(14)20-13-7-11(3)6-12(4)8-13/h6-10H,1-5H3,(H2,17,18,19,20). The first-order valence-electron chi connectivity index (χ1n) is 6.89. The minimum atomic E-state index is 0.340. The van der Waals surface area contributed by atoms with E-state index in [9.17, 15) is 0 Å². The maximum absolute atomic E-state index is 4.40. The van der Waals surface area contributed by atoms with Crippen LogP contribution in [0.25, 0.3) is 0 Å². The van der Waals surface area contributed by atoms with Gasteiger partial charge < -0.3 is 10.6 Å². The lowest BCUT2D eigenvalue weighted by Gasteiger charge is -2.17. The fourth-order valence-corrected chi connectivity index (χ4v) is 2.42. The van der Waals surface area contributed by atoms with Gasteiger partial charge in [-0.2, -0.15) is 0 Å². The molecule has 4 nitrogen and oxygen atoms in total. The first kappa shape index (κ1) is 14.3. The second-order valence-corrected chi connectivity index (χ2v) is 5.39. The van der Waals surface area contributed by atoms with Gasteiger partial charge in [0.15, 0.2) is 0 Å². The number of aryl methyl sites for hydroxylation is 2. The van der Waals surface area contributed by atoms with Gasteiger partial charge in [0.25, 0.3) is 0 Å². The van der Waals surface area contributed by atoms with E-state index in [1.165, 1.54) is 11.1 Å². The highest BCUT2D eigenvalue weighted by Crippen LogP contribution is 2.30. The van der Waals surface area contributed by atoms with Gasteiger partial charge in [0, 0.05) is 18.3 Å². The number of benzene rings is 1. The highest BCUT2D eigenvalue weighted by molar-refractivity contribution is 5.66. The van der Waals surface area contributed by atoms with Crippen molar-refractivity contribution in [3.8, 4) is 0 Å². The zero-order chi connectivity index (χ0) is 14.7. The van der Waals surface area contributed by atoms with Crippen LogP contribution < -0.4 is 10.6 Å². The Morgan fingerprint density at radius 1 is 0.950 bits per heavy atom. The van der Waals surface area contributed by atoms with E-state index >= 15 is 0 Å². The van der Waals surface area contributed by atoms with Crippen LogP contribution in [0.4, 0.5) is 17.3 Å². The molecule has 0 aliphatic heterocycles. The molecular formula is C16H22N4. The first-order valence-corrected chi connectivity index (χ1v) is 6.89. The second kappa shape index (κ2) is 5.90.